The zero-order valence-corrected chi connectivity index (χ0v) is 34.4. The quantitative estimate of drug-likeness (QED) is 0.0407. The van der Waals surface area contributed by atoms with Gasteiger partial charge in [-0.3, -0.25) is 24.6 Å². The van der Waals surface area contributed by atoms with E-state index in [1.165, 1.54) is 0 Å². The summed E-state index contributed by atoms with van der Waals surface area (Å²) in [4.78, 5) is 81.0. The average molecular weight is 828 g/mol. The van der Waals surface area contributed by atoms with Gasteiger partial charge in [0.15, 0.2) is 0 Å². The van der Waals surface area contributed by atoms with Gasteiger partial charge in [0.1, 0.15) is 23.7 Å². The molecule has 1 aromatic heterocycles. The molecule has 0 aliphatic carbocycles. The van der Waals surface area contributed by atoms with Crippen molar-refractivity contribution in [2.24, 2.45) is 5.73 Å². The molecule has 6 amide bonds. The Bertz CT molecular complexity index is 2070. The Labute approximate surface area is 349 Å². The number of aliphatic carboxylic acids is 1. The van der Waals surface area contributed by atoms with E-state index in [2.05, 4.69) is 42.4 Å². The van der Waals surface area contributed by atoms with Crippen LogP contribution in [0.2, 0.25) is 0 Å². The summed E-state index contributed by atoms with van der Waals surface area (Å²) in [7, 11) is 0. The zero-order chi connectivity index (χ0) is 43.7. The highest BCUT2D eigenvalue weighted by molar-refractivity contribution is 5.93. The summed E-state index contributed by atoms with van der Waals surface area (Å²) in [5.74, 6) is -3.20. The van der Waals surface area contributed by atoms with E-state index < -0.39 is 72.0 Å². The number of alkyl carbamates (subject to hydrolysis) is 1. The minimum atomic E-state index is -1.20. The minimum Gasteiger partial charge on any atom is -0.481 e. The predicted octanol–water partition coefficient (Wildman–Crippen LogP) is 3.54. The number of unbranched alkanes of at least 4 members (excludes halogenated alkanes) is 1. The molecule has 0 unspecified atom stereocenters. The van der Waals surface area contributed by atoms with Crippen LogP contribution < -0.4 is 43.2 Å². The summed E-state index contributed by atoms with van der Waals surface area (Å²) in [5, 5.41) is 24.3. The van der Waals surface area contributed by atoms with Gasteiger partial charge in [-0.15, -0.1) is 0 Å². The maximum Gasteiger partial charge on any atom is 0.408 e. The minimum absolute atomic E-state index is 0.0462. The van der Waals surface area contributed by atoms with Crippen LogP contribution in [0.3, 0.4) is 0 Å². The van der Waals surface area contributed by atoms with E-state index in [4.69, 9.17) is 10.5 Å². The van der Waals surface area contributed by atoms with E-state index in [1.54, 1.807) is 33.0 Å². The van der Waals surface area contributed by atoms with Crippen molar-refractivity contribution in [1.82, 2.24) is 37.1 Å². The van der Waals surface area contributed by atoms with E-state index in [9.17, 15) is 33.9 Å². The van der Waals surface area contributed by atoms with Gasteiger partial charge in [-0.05, 0) is 82.2 Å². The number of carboxylic acids is 1. The van der Waals surface area contributed by atoms with Gasteiger partial charge in [-0.1, -0.05) is 66.7 Å². The van der Waals surface area contributed by atoms with Crippen molar-refractivity contribution in [3.8, 4) is 0 Å². The zero-order valence-electron chi connectivity index (χ0n) is 34.4. The number of aromatic amines is 1. The summed E-state index contributed by atoms with van der Waals surface area (Å²) >= 11 is 0. The van der Waals surface area contributed by atoms with Crippen LogP contribution >= 0.6 is 0 Å². The molecule has 322 valence electrons. The molecule has 60 heavy (non-hydrogen) atoms. The van der Waals surface area contributed by atoms with Crippen LogP contribution in [-0.4, -0.2) is 88.8 Å². The van der Waals surface area contributed by atoms with Crippen molar-refractivity contribution in [2.45, 2.75) is 96.0 Å². The molecule has 17 heteroatoms. The summed E-state index contributed by atoms with van der Waals surface area (Å²) in [6.07, 6.45) is 1.60. The molecule has 0 saturated carbocycles. The molecule has 4 atom stereocenters. The topological polar surface area (TPSA) is 258 Å². The third kappa shape index (κ3) is 15.7. The number of hydrogen-bond donors (Lipinski definition) is 10. The summed E-state index contributed by atoms with van der Waals surface area (Å²) in [6.45, 7) is 7.08. The monoisotopic (exact) mass is 827 g/mol. The normalized spacial score (nSPS) is 13.3. The first-order chi connectivity index (χ1) is 28.6. The molecule has 0 spiro atoms. The van der Waals surface area contributed by atoms with Gasteiger partial charge in [0.05, 0.1) is 12.5 Å². The number of para-hydroxylation sites is 2. The first-order valence-electron chi connectivity index (χ1n) is 19.9. The molecule has 0 radical (unpaired) electrons. The van der Waals surface area contributed by atoms with Crippen molar-refractivity contribution in [3.63, 3.8) is 0 Å². The molecular formula is C43H57N9O8. The number of nitrogens with one attached hydrogen (secondary N) is 8. The number of ether oxygens (including phenoxy) is 1. The predicted molar refractivity (Wildman–Crippen MR) is 228 cm³/mol. The Hall–Kier alpha value is -6.46. The van der Waals surface area contributed by atoms with E-state index >= 15 is 0 Å². The first kappa shape index (κ1) is 46.2. The molecule has 0 saturated heterocycles. The summed E-state index contributed by atoms with van der Waals surface area (Å²) in [6, 6.07) is 19.4. The highest BCUT2D eigenvalue weighted by Crippen LogP contribution is 2.20. The Balaban J connectivity index is 1.48. The SMILES string of the molecule is Cc1ccccc1NC(=O)NCCCC[C@H](NC(=O)[C@H](Cc1c[nH]c2ccccc12)NC(=O)OC(C)(C)C)C(=O)N[C@H](CNN[C@@H](Cc1ccccc1)C(N)=O)CC(=O)O. The maximum absolute atomic E-state index is 14.1. The molecule has 0 fully saturated rings. The molecule has 0 aliphatic heterocycles. The number of hydrazine groups is 1. The fraction of sp³-hybridized carbons (Fsp3) is 0.395. The van der Waals surface area contributed by atoms with Crippen LogP contribution in [0.15, 0.2) is 85.1 Å². The number of aromatic nitrogens is 1. The van der Waals surface area contributed by atoms with Gasteiger partial charge in [0.25, 0.3) is 0 Å². The van der Waals surface area contributed by atoms with Crippen molar-refractivity contribution in [1.29, 1.82) is 0 Å². The highest BCUT2D eigenvalue weighted by Gasteiger charge is 2.30. The van der Waals surface area contributed by atoms with Crippen LogP contribution in [0.1, 0.15) is 63.1 Å². The average Bonchev–Trinajstić information content (AvgIpc) is 3.59. The second-order valence-electron chi connectivity index (χ2n) is 15.5. The van der Waals surface area contributed by atoms with Crippen LogP contribution in [0.25, 0.3) is 10.9 Å². The number of carbonyl (C=O) groups excluding carboxylic acids is 5. The van der Waals surface area contributed by atoms with E-state index in [1.807, 2.05) is 79.7 Å². The number of nitrogens with two attached hydrogens (primary N) is 1. The van der Waals surface area contributed by atoms with Gasteiger partial charge in [-0.2, -0.15) is 0 Å². The van der Waals surface area contributed by atoms with Crippen LogP contribution in [0.4, 0.5) is 15.3 Å². The molecule has 4 aromatic rings. The summed E-state index contributed by atoms with van der Waals surface area (Å²) in [5.41, 5.74) is 14.4. The lowest BCUT2D eigenvalue weighted by atomic mass is 10.0. The van der Waals surface area contributed by atoms with Gasteiger partial charge in [-0.25, -0.2) is 15.0 Å². The van der Waals surface area contributed by atoms with Gasteiger partial charge in [0, 0.05) is 42.3 Å². The number of urea groups is 1. The number of fused-ring (bicyclic) bond motifs is 1. The summed E-state index contributed by atoms with van der Waals surface area (Å²) < 4.78 is 5.47. The van der Waals surface area contributed by atoms with Crippen molar-refractivity contribution >= 4 is 52.4 Å². The molecule has 0 bridgehead atoms. The molecular weight excluding hydrogens is 771 g/mol. The maximum atomic E-state index is 14.1. The number of carboxylic acid groups (broad SMARTS) is 1. The Kier molecular flexibility index (Phi) is 17.4. The van der Waals surface area contributed by atoms with E-state index in [0.717, 1.165) is 27.6 Å². The van der Waals surface area contributed by atoms with Crippen LogP contribution in [0, 0.1) is 6.92 Å². The van der Waals surface area contributed by atoms with Gasteiger partial charge >= 0.3 is 18.1 Å². The van der Waals surface area contributed by atoms with E-state index in [-0.39, 0.29) is 32.4 Å². The van der Waals surface area contributed by atoms with Crippen molar-refractivity contribution in [3.05, 3.63) is 102 Å². The third-order valence-electron chi connectivity index (χ3n) is 9.36. The standard InChI is InChI=1S/C43H57N9O8/c1-27-14-8-10-18-32(27)50-41(58)45-21-13-12-20-34(39(56)48-30(24-37(53)54)26-47-52-35(38(44)55)22-28-15-6-5-7-16-28)49-40(57)36(51-42(59)60-43(2,3)4)23-29-25-46-33-19-11-9-17-31(29)33/h5-11,14-19,25,30,34-36,46-47,52H,12-13,20-24,26H2,1-4H3,(H2,44,55)(H,48,56)(H,49,57)(H,51,59)(H,53,54)(H2,45,50,58)/t30-,34-,35-,36-/m0/s1. The van der Waals surface area contributed by atoms with Crippen LogP contribution in [0.5, 0.6) is 0 Å². The fourth-order valence-corrected chi connectivity index (χ4v) is 6.34. The lowest BCUT2D eigenvalue weighted by molar-refractivity contribution is -0.138. The van der Waals surface area contributed by atoms with Crippen molar-refractivity contribution in [2.75, 3.05) is 18.4 Å². The third-order valence-corrected chi connectivity index (χ3v) is 9.36. The number of benzene rings is 3. The molecule has 1 heterocycles. The Morgan fingerprint density at radius 2 is 1.48 bits per heavy atom. The largest absolute Gasteiger partial charge is 0.481 e. The Morgan fingerprint density at radius 1 is 0.800 bits per heavy atom. The number of rotatable bonds is 22. The number of H-pyrrole nitrogens is 1. The molecule has 17 nitrogen and oxygen atoms in total. The fourth-order valence-electron chi connectivity index (χ4n) is 6.34. The van der Waals surface area contributed by atoms with E-state index in [0.29, 0.717) is 18.5 Å². The Morgan fingerprint density at radius 3 is 2.18 bits per heavy atom. The molecule has 4 rings (SSSR count). The van der Waals surface area contributed by atoms with Crippen molar-refractivity contribution < 1.29 is 38.6 Å². The second kappa shape index (κ2) is 22.6. The van der Waals surface area contributed by atoms with Gasteiger partial charge in [0.2, 0.25) is 17.7 Å². The number of aryl methyl sites for hydroxylation is 1. The molecule has 0 aliphatic rings. The first-order valence-corrected chi connectivity index (χ1v) is 19.9. The number of primary amides is 1. The van der Waals surface area contributed by atoms with Gasteiger partial charge < -0.3 is 47.1 Å². The number of hydrogen-bond acceptors (Lipinski definition) is 9. The second-order valence-corrected chi connectivity index (χ2v) is 15.5. The lowest BCUT2D eigenvalue weighted by Gasteiger charge is -2.27. The smallest absolute Gasteiger partial charge is 0.408 e. The number of amides is 6. The molecule has 11 N–H and O–H groups in total. The number of carbonyl (C=O) groups is 6. The van der Waals surface area contributed by atoms with Crippen LogP contribution in [-0.2, 0) is 36.8 Å². The highest BCUT2D eigenvalue weighted by atomic mass is 16.6. The molecule has 3 aromatic carbocycles. The lowest BCUT2D eigenvalue weighted by Crippen LogP contribution is -2.58. The number of anilines is 1.